The van der Waals surface area contributed by atoms with E-state index in [2.05, 4.69) is 34.7 Å². The van der Waals surface area contributed by atoms with Crippen LogP contribution in [0.4, 0.5) is 0 Å². The summed E-state index contributed by atoms with van der Waals surface area (Å²) in [5.74, 6) is 0.938. The van der Waals surface area contributed by atoms with Gasteiger partial charge in [-0.05, 0) is 30.4 Å². The predicted molar refractivity (Wildman–Crippen MR) is 130 cm³/mol. The van der Waals surface area contributed by atoms with E-state index in [4.69, 9.17) is 4.74 Å². The molecule has 1 saturated carbocycles. The van der Waals surface area contributed by atoms with Crippen molar-refractivity contribution in [1.82, 2.24) is 15.5 Å². The zero-order valence-electron chi connectivity index (χ0n) is 18.3. The van der Waals surface area contributed by atoms with Gasteiger partial charge in [-0.2, -0.15) is 0 Å². The summed E-state index contributed by atoms with van der Waals surface area (Å²) in [4.78, 5) is 18.8. The van der Waals surface area contributed by atoms with Crippen molar-refractivity contribution in [2.45, 2.75) is 52.2 Å². The summed E-state index contributed by atoms with van der Waals surface area (Å²) in [6, 6.07) is 8.29. The van der Waals surface area contributed by atoms with Crippen LogP contribution in [0.15, 0.2) is 29.3 Å². The third-order valence-electron chi connectivity index (χ3n) is 5.41. The molecule has 0 spiro atoms. The van der Waals surface area contributed by atoms with Gasteiger partial charge < -0.3 is 20.3 Å². The normalized spacial score (nSPS) is 15.5. The SMILES string of the molecule is CCCOCc1ccccc1CNC(=NC)NCC1(C(=O)N(C)C)CCCC1.I. The van der Waals surface area contributed by atoms with Crippen LogP contribution in [0.2, 0.25) is 0 Å². The fourth-order valence-corrected chi connectivity index (χ4v) is 3.84. The molecule has 2 rings (SSSR count). The van der Waals surface area contributed by atoms with E-state index in [0.717, 1.165) is 44.7 Å². The average Bonchev–Trinajstić information content (AvgIpc) is 3.18. The number of carbonyl (C=O) groups is 1. The Kier molecular flexibility index (Phi) is 11.6. The van der Waals surface area contributed by atoms with Crippen molar-refractivity contribution in [2.24, 2.45) is 10.4 Å². The second kappa shape index (κ2) is 13.1. The van der Waals surface area contributed by atoms with E-state index in [1.165, 1.54) is 11.1 Å². The van der Waals surface area contributed by atoms with Crippen LogP contribution in [-0.2, 0) is 22.7 Å². The van der Waals surface area contributed by atoms with Gasteiger partial charge in [-0.1, -0.05) is 44.0 Å². The summed E-state index contributed by atoms with van der Waals surface area (Å²) in [6.45, 7) is 4.79. The molecular weight excluding hydrogens is 479 g/mol. The maximum absolute atomic E-state index is 12.7. The molecule has 1 aromatic carbocycles. The topological polar surface area (TPSA) is 66.0 Å². The number of ether oxygens (including phenoxy) is 1. The molecule has 0 radical (unpaired) electrons. The number of carbonyl (C=O) groups excluding carboxylic acids is 1. The number of nitrogens with zero attached hydrogens (tertiary/aromatic N) is 2. The number of aliphatic imine (C=N–C) groups is 1. The number of rotatable bonds is 9. The Bertz CT molecular complexity index is 658. The van der Waals surface area contributed by atoms with Gasteiger partial charge in [0.05, 0.1) is 12.0 Å². The molecule has 0 atom stereocenters. The molecular formula is C22H37IN4O2. The van der Waals surface area contributed by atoms with Crippen molar-refractivity contribution in [3.63, 3.8) is 0 Å². The Hall–Kier alpha value is -1.35. The second-order valence-corrected chi connectivity index (χ2v) is 7.79. The molecule has 29 heavy (non-hydrogen) atoms. The standard InChI is InChI=1S/C22H36N4O2.HI/c1-5-14-28-16-19-11-7-6-10-18(19)15-24-21(23-2)25-17-22(12-8-9-13-22)20(27)26(3)4;/h6-7,10-11H,5,8-9,12-17H2,1-4H3,(H2,23,24,25);1H. The molecule has 164 valence electrons. The van der Waals surface area contributed by atoms with E-state index in [-0.39, 0.29) is 35.3 Å². The molecule has 0 unspecified atom stereocenters. The molecule has 0 saturated heterocycles. The van der Waals surface area contributed by atoms with E-state index < -0.39 is 0 Å². The summed E-state index contributed by atoms with van der Waals surface area (Å²) in [7, 11) is 5.45. The van der Waals surface area contributed by atoms with E-state index in [9.17, 15) is 4.79 Å². The van der Waals surface area contributed by atoms with Crippen molar-refractivity contribution in [3.8, 4) is 0 Å². The predicted octanol–water partition coefficient (Wildman–Crippen LogP) is 3.54. The molecule has 0 heterocycles. The number of halogens is 1. The first kappa shape index (κ1) is 25.7. The Labute approximate surface area is 192 Å². The van der Waals surface area contributed by atoms with E-state index in [0.29, 0.717) is 19.7 Å². The third kappa shape index (κ3) is 7.44. The van der Waals surface area contributed by atoms with Crippen LogP contribution in [0.25, 0.3) is 0 Å². The third-order valence-corrected chi connectivity index (χ3v) is 5.41. The molecule has 1 aliphatic rings. The Morgan fingerprint density at radius 3 is 2.41 bits per heavy atom. The first-order chi connectivity index (χ1) is 13.5. The maximum Gasteiger partial charge on any atom is 0.230 e. The highest BCUT2D eigenvalue weighted by atomic mass is 127. The number of hydrogen-bond donors (Lipinski definition) is 2. The van der Waals surface area contributed by atoms with Gasteiger partial charge >= 0.3 is 0 Å². The molecule has 6 nitrogen and oxygen atoms in total. The van der Waals surface area contributed by atoms with Crippen LogP contribution in [0.1, 0.15) is 50.2 Å². The quantitative estimate of drug-likeness (QED) is 0.228. The lowest BCUT2D eigenvalue weighted by Crippen LogP contribution is -2.49. The molecule has 1 aromatic rings. The van der Waals surface area contributed by atoms with Crippen LogP contribution in [-0.4, -0.2) is 51.1 Å². The number of benzene rings is 1. The number of amides is 1. The van der Waals surface area contributed by atoms with Crippen molar-refractivity contribution in [3.05, 3.63) is 35.4 Å². The minimum absolute atomic E-state index is 0. The van der Waals surface area contributed by atoms with Crippen molar-refractivity contribution < 1.29 is 9.53 Å². The molecule has 2 N–H and O–H groups in total. The highest BCUT2D eigenvalue weighted by molar-refractivity contribution is 14.0. The Balaban J connectivity index is 0.00000420. The Morgan fingerprint density at radius 1 is 1.17 bits per heavy atom. The van der Waals surface area contributed by atoms with Crippen molar-refractivity contribution >= 4 is 35.8 Å². The first-order valence-electron chi connectivity index (χ1n) is 10.3. The molecule has 1 amide bonds. The zero-order chi connectivity index (χ0) is 20.4. The summed E-state index contributed by atoms with van der Waals surface area (Å²) in [6.07, 6.45) is 5.11. The molecule has 0 aromatic heterocycles. The summed E-state index contributed by atoms with van der Waals surface area (Å²) in [5.41, 5.74) is 2.07. The molecule has 7 heteroatoms. The zero-order valence-corrected chi connectivity index (χ0v) is 20.6. The van der Waals surface area contributed by atoms with Crippen LogP contribution < -0.4 is 10.6 Å². The first-order valence-corrected chi connectivity index (χ1v) is 10.3. The number of nitrogens with one attached hydrogen (secondary N) is 2. The molecule has 0 bridgehead atoms. The van der Waals surface area contributed by atoms with Gasteiger partial charge in [0.1, 0.15) is 0 Å². The van der Waals surface area contributed by atoms with Crippen molar-refractivity contribution in [1.29, 1.82) is 0 Å². The average molecular weight is 516 g/mol. The fourth-order valence-electron chi connectivity index (χ4n) is 3.84. The van der Waals surface area contributed by atoms with Gasteiger partial charge in [0.2, 0.25) is 5.91 Å². The van der Waals surface area contributed by atoms with Crippen LogP contribution in [0.3, 0.4) is 0 Å². The van der Waals surface area contributed by atoms with Gasteiger partial charge in [-0.15, -0.1) is 24.0 Å². The minimum atomic E-state index is -0.312. The monoisotopic (exact) mass is 516 g/mol. The summed E-state index contributed by atoms with van der Waals surface area (Å²) < 4.78 is 5.70. The molecule has 0 aliphatic heterocycles. The van der Waals surface area contributed by atoms with Crippen LogP contribution in [0, 0.1) is 5.41 Å². The fraction of sp³-hybridized carbons (Fsp3) is 0.636. The van der Waals surface area contributed by atoms with Gasteiger partial charge in [-0.25, -0.2) is 0 Å². The lowest BCUT2D eigenvalue weighted by atomic mass is 9.84. The molecule has 1 aliphatic carbocycles. The van der Waals surface area contributed by atoms with Gasteiger partial charge in [0, 0.05) is 40.8 Å². The van der Waals surface area contributed by atoms with Gasteiger partial charge in [0.25, 0.3) is 0 Å². The number of guanidine groups is 1. The lowest BCUT2D eigenvalue weighted by Gasteiger charge is -2.31. The number of hydrogen-bond acceptors (Lipinski definition) is 3. The van der Waals surface area contributed by atoms with E-state index in [1.54, 1.807) is 11.9 Å². The largest absolute Gasteiger partial charge is 0.377 e. The smallest absolute Gasteiger partial charge is 0.230 e. The van der Waals surface area contributed by atoms with Gasteiger partial charge in [-0.3, -0.25) is 9.79 Å². The maximum atomic E-state index is 12.7. The minimum Gasteiger partial charge on any atom is -0.377 e. The summed E-state index contributed by atoms with van der Waals surface area (Å²) in [5, 5.41) is 6.77. The van der Waals surface area contributed by atoms with Crippen LogP contribution in [0.5, 0.6) is 0 Å². The second-order valence-electron chi connectivity index (χ2n) is 7.79. The van der Waals surface area contributed by atoms with E-state index >= 15 is 0 Å². The van der Waals surface area contributed by atoms with Gasteiger partial charge in [0.15, 0.2) is 5.96 Å². The molecule has 1 fully saturated rings. The Morgan fingerprint density at radius 2 is 1.83 bits per heavy atom. The highest BCUT2D eigenvalue weighted by Gasteiger charge is 2.42. The lowest BCUT2D eigenvalue weighted by molar-refractivity contribution is -0.138. The highest BCUT2D eigenvalue weighted by Crippen LogP contribution is 2.38. The summed E-state index contributed by atoms with van der Waals surface area (Å²) >= 11 is 0. The van der Waals surface area contributed by atoms with Crippen LogP contribution >= 0.6 is 24.0 Å². The van der Waals surface area contributed by atoms with E-state index in [1.807, 2.05) is 26.2 Å². The van der Waals surface area contributed by atoms with Crippen molar-refractivity contribution in [2.75, 3.05) is 34.3 Å².